The van der Waals surface area contributed by atoms with Gasteiger partial charge in [-0.2, -0.15) is 0 Å². The summed E-state index contributed by atoms with van der Waals surface area (Å²) in [7, 11) is 0. The third-order valence-corrected chi connectivity index (χ3v) is 3.80. The molecule has 5 N–H and O–H groups in total. The number of nitrogens with two attached hydrogens (primary N) is 1. The summed E-state index contributed by atoms with van der Waals surface area (Å²) in [6, 6.07) is 4.90. The van der Waals surface area contributed by atoms with Crippen LogP contribution in [0.5, 0.6) is 0 Å². The van der Waals surface area contributed by atoms with E-state index in [1.165, 1.54) is 0 Å². The summed E-state index contributed by atoms with van der Waals surface area (Å²) in [6.07, 6.45) is 3.56. The zero-order chi connectivity index (χ0) is 14.5. The van der Waals surface area contributed by atoms with Crippen molar-refractivity contribution in [2.45, 2.75) is 31.8 Å². The van der Waals surface area contributed by atoms with Gasteiger partial charge < -0.3 is 15.8 Å². The SMILES string of the molecule is NNc1cccc(NCC2CCCCC2O)c1[N+](=O)[O-]. The Labute approximate surface area is 117 Å². The molecule has 1 aromatic carbocycles. The molecule has 7 nitrogen and oxygen atoms in total. The van der Waals surface area contributed by atoms with Crippen molar-refractivity contribution in [1.82, 2.24) is 0 Å². The number of nitro groups is 1. The number of benzene rings is 1. The lowest BCUT2D eigenvalue weighted by molar-refractivity contribution is -0.383. The molecule has 0 saturated heterocycles. The highest BCUT2D eigenvalue weighted by Gasteiger charge is 2.24. The normalized spacial score (nSPS) is 22.3. The number of rotatable bonds is 5. The molecule has 2 rings (SSSR count). The Bertz CT molecular complexity index is 481. The van der Waals surface area contributed by atoms with Gasteiger partial charge in [-0.1, -0.05) is 18.9 Å². The number of aliphatic hydroxyl groups is 1. The second-order valence-electron chi connectivity index (χ2n) is 5.10. The van der Waals surface area contributed by atoms with E-state index in [4.69, 9.17) is 5.84 Å². The second kappa shape index (κ2) is 6.53. The van der Waals surface area contributed by atoms with Gasteiger partial charge in [-0.25, -0.2) is 0 Å². The first-order chi connectivity index (χ1) is 9.63. The molecule has 1 fully saturated rings. The topological polar surface area (TPSA) is 113 Å². The van der Waals surface area contributed by atoms with Crippen molar-refractivity contribution in [2.75, 3.05) is 17.3 Å². The number of aliphatic hydroxyl groups excluding tert-OH is 1. The molecule has 7 heteroatoms. The molecule has 1 saturated carbocycles. The van der Waals surface area contributed by atoms with Crippen molar-refractivity contribution in [2.24, 2.45) is 11.8 Å². The molecule has 0 spiro atoms. The second-order valence-corrected chi connectivity index (χ2v) is 5.10. The molecule has 0 amide bonds. The lowest BCUT2D eigenvalue weighted by atomic mass is 9.86. The minimum Gasteiger partial charge on any atom is -0.393 e. The Hall–Kier alpha value is -1.86. The maximum absolute atomic E-state index is 11.1. The van der Waals surface area contributed by atoms with Gasteiger partial charge in [0.1, 0.15) is 11.4 Å². The molecule has 20 heavy (non-hydrogen) atoms. The van der Waals surface area contributed by atoms with Crippen LogP contribution in [-0.4, -0.2) is 22.7 Å². The summed E-state index contributed by atoms with van der Waals surface area (Å²) in [6.45, 7) is 0.524. The van der Waals surface area contributed by atoms with E-state index in [1.54, 1.807) is 18.2 Å². The number of nitrogens with one attached hydrogen (secondary N) is 2. The maximum atomic E-state index is 11.1. The van der Waals surface area contributed by atoms with Crippen molar-refractivity contribution < 1.29 is 10.0 Å². The molecule has 1 aromatic rings. The first kappa shape index (κ1) is 14.5. The third-order valence-electron chi connectivity index (χ3n) is 3.80. The molecule has 0 aliphatic heterocycles. The van der Waals surface area contributed by atoms with Crippen LogP contribution in [0.25, 0.3) is 0 Å². The van der Waals surface area contributed by atoms with Gasteiger partial charge >= 0.3 is 5.69 Å². The van der Waals surface area contributed by atoms with Crippen LogP contribution in [0.2, 0.25) is 0 Å². The molecular formula is C13H20N4O3. The predicted molar refractivity (Wildman–Crippen MR) is 77.4 cm³/mol. The van der Waals surface area contributed by atoms with E-state index < -0.39 is 4.92 Å². The molecule has 2 unspecified atom stereocenters. The Kier molecular flexibility index (Phi) is 4.75. The van der Waals surface area contributed by atoms with Gasteiger partial charge in [-0.05, 0) is 25.0 Å². The van der Waals surface area contributed by atoms with E-state index >= 15 is 0 Å². The fraction of sp³-hybridized carbons (Fsp3) is 0.538. The lowest BCUT2D eigenvalue weighted by Gasteiger charge is -2.27. The van der Waals surface area contributed by atoms with E-state index in [9.17, 15) is 15.2 Å². The molecular weight excluding hydrogens is 260 g/mol. The number of hydrogen-bond acceptors (Lipinski definition) is 6. The van der Waals surface area contributed by atoms with Gasteiger partial charge in [0.2, 0.25) is 0 Å². The van der Waals surface area contributed by atoms with E-state index in [-0.39, 0.29) is 23.4 Å². The highest BCUT2D eigenvalue weighted by molar-refractivity contribution is 5.75. The van der Waals surface area contributed by atoms with Gasteiger partial charge in [-0.3, -0.25) is 16.0 Å². The molecule has 0 bridgehead atoms. The number of para-hydroxylation sites is 1. The van der Waals surface area contributed by atoms with E-state index in [2.05, 4.69) is 10.7 Å². The number of nitrogen functional groups attached to an aromatic ring is 1. The summed E-state index contributed by atoms with van der Waals surface area (Å²) < 4.78 is 0. The zero-order valence-corrected chi connectivity index (χ0v) is 11.2. The molecule has 110 valence electrons. The van der Waals surface area contributed by atoms with Crippen molar-refractivity contribution in [3.8, 4) is 0 Å². The lowest BCUT2D eigenvalue weighted by Crippen LogP contribution is -2.30. The largest absolute Gasteiger partial charge is 0.393 e. The third kappa shape index (κ3) is 3.17. The average Bonchev–Trinajstić information content (AvgIpc) is 2.45. The minimum atomic E-state index is -0.463. The van der Waals surface area contributed by atoms with Crippen LogP contribution >= 0.6 is 0 Å². The highest BCUT2D eigenvalue weighted by Crippen LogP contribution is 2.33. The van der Waals surface area contributed by atoms with E-state index in [1.807, 2.05) is 0 Å². The summed E-state index contributed by atoms with van der Waals surface area (Å²) >= 11 is 0. The zero-order valence-electron chi connectivity index (χ0n) is 11.2. The number of hydrogen-bond donors (Lipinski definition) is 4. The van der Waals surface area contributed by atoms with Crippen LogP contribution in [0, 0.1) is 16.0 Å². The standard InChI is InChI=1S/C13H20N4O3/c14-16-11-6-3-5-10(13(11)17(19)20)15-8-9-4-1-2-7-12(9)18/h3,5-6,9,12,15-16,18H,1-2,4,7-8,14H2. The van der Waals surface area contributed by atoms with Crippen molar-refractivity contribution in [3.05, 3.63) is 28.3 Å². The monoisotopic (exact) mass is 280 g/mol. The maximum Gasteiger partial charge on any atom is 0.316 e. The summed E-state index contributed by atoms with van der Waals surface area (Å²) in [5, 5.41) is 24.1. The van der Waals surface area contributed by atoms with Crippen molar-refractivity contribution in [1.29, 1.82) is 0 Å². The van der Waals surface area contributed by atoms with Crippen LogP contribution in [0.1, 0.15) is 25.7 Å². The van der Waals surface area contributed by atoms with Gasteiger partial charge in [0.15, 0.2) is 0 Å². The molecule has 1 aliphatic carbocycles. The van der Waals surface area contributed by atoms with Crippen LogP contribution in [0.15, 0.2) is 18.2 Å². The molecule has 2 atom stereocenters. The Morgan fingerprint density at radius 1 is 1.35 bits per heavy atom. The van der Waals surface area contributed by atoms with Crippen LogP contribution < -0.4 is 16.6 Å². The molecule has 1 aliphatic rings. The predicted octanol–water partition coefficient (Wildman–Crippen LogP) is 1.84. The number of nitrogens with zero attached hydrogens (tertiary/aromatic N) is 1. The van der Waals surface area contributed by atoms with Crippen LogP contribution in [0.3, 0.4) is 0 Å². The van der Waals surface area contributed by atoms with Gasteiger partial charge in [0, 0.05) is 12.5 Å². The number of anilines is 2. The summed E-state index contributed by atoms with van der Waals surface area (Å²) in [5.41, 5.74) is 2.95. The van der Waals surface area contributed by atoms with Gasteiger partial charge in [0.05, 0.1) is 11.0 Å². The van der Waals surface area contributed by atoms with Crippen molar-refractivity contribution >= 4 is 17.1 Å². The first-order valence-corrected chi connectivity index (χ1v) is 6.79. The summed E-state index contributed by atoms with van der Waals surface area (Å²) in [5.74, 6) is 5.43. The smallest absolute Gasteiger partial charge is 0.316 e. The van der Waals surface area contributed by atoms with Crippen molar-refractivity contribution in [3.63, 3.8) is 0 Å². The van der Waals surface area contributed by atoms with E-state index in [0.717, 1.165) is 25.7 Å². The van der Waals surface area contributed by atoms with Crippen LogP contribution in [-0.2, 0) is 0 Å². The molecule has 0 aromatic heterocycles. The van der Waals surface area contributed by atoms with E-state index in [0.29, 0.717) is 12.2 Å². The fourth-order valence-corrected chi connectivity index (χ4v) is 2.67. The first-order valence-electron chi connectivity index (χ1n) is 6.79. The van der Waals surface area contributed by atoms with Gasteiger partial charge in [-0.15, -0.1) is 0 Å². The molecule has 0 heterocycles. The fourth-order valence-electron chi connectivity index (χ4n) is 2.67. The van der Waals surface area contributed by atoms with Crippen LogP contribution in [0.4, 0.5) is 17.1 Å². The Balaban J connectivity index is 2.10. The van der Waals surface area contributed by atoms with Gasteiger partial charge in [0.25, 0.3) is 0 Å². The minimum absolute atomic E-state index is 0.0692. The Morgan fingerprint density at radius 2 is 2.05 bits per heavy atom. The average molecular weight is 280 g/mol. The molecule has 0 radical (unpaired) electrons. The highest BCUT2D eigenvalue weighted by atomic mass is 16.6. The number of nitro benzene ring substituents is 1. The number of hydrazine groups is 1. The quantitative estimate of drug-likeness (QED) is 0.372. The Morgan fingerprint density at radius 3 is 2.70 bits per heavy atom. The summed E-state index contributed by atoms with van der Waals surface area (Å²) in [4.78, 5) is 10.7.